The number of rotatable bonds is 7. The third kappa shape index (κ3) is 5.85. The van der Waals surface area contributed by atoms with Gasteiger partial charge in [0.2, 0.25) is 0 Å². The van der Waals surface area contributed by atoms with Gasteiger partial charge in [0.15, 0.2) is 0 Å². The van der Waals surface area contributed by atoms with Crippen LogP contribution in [0, 0.1) is 0 Å². The molecule has 36 heavy (non-hydrogen) atoms. The first-order chi connectivity index (χ1) is 17.0. The number of hydrogen-bond acceptors (Lipinski definition) is 5. The Morgan fingerprint density at radius 2 is 1.44 bits per heavy atom. The molecule has 2 aromatic rings. The van der Waals surface area contributed by atoms with E-state index in [2.05, 4.69) is 97.2 Å². The Kier molecular flexibility index (Phi) is 7.95. The summed E-state index contributed by atoms with van der Waals surface area (Å²) in [6, 6.07) is 22.1. The highest BCUT2D eigenvalue weighted by molar-refractivity contribution is 6.99. The minimum Gasteiger partial charge on any atom is -0.443 e. The second-order valence-electron chi connectivity index (χ2n) is 12.2. The van der Waals surface area contributed by atoms with Crippen LogP contribution < -0.4 is 21.2 Å². The summed E-state index contributed by atoms with van der Waals surface area (Å²) in [6.07, 6.45) is 2.62. The van der Waals surface area contributed by atoms with Gasteiger partial charge in [0.1, 0.15) is 5.60 Å². The van der Waals surface area contributed by atoms with Crippen LogP contribution in [0.1, 0.15) is 60.8 Å². The lowest BCUT2D eigenvalue weighted by Gasteiger charge is -2.47. The van der Waals surface area contributed by atoms with E-state index in [0.717, 1.165) is 25.9 Å². The van der Waals surface area contributed by atoms with E-state index in [1.54, 1.807) is 0 Å². The number of nitrogens with zero attached hydrogens (tertiary/aromatic N) is 1. The molecule has 0 aromatic heterocycles. The summed E-state index contributed by atoms with van der Waals surface area (Å²) in [4.78, 5) is 14.8. The number of ether oxygens (including phenoxy) is 1. The highest BCUT2D eigenvalue weighted by Crippen LogP contribution is 2.41. The fourth-order valence-electron chi connectivity index (χ4n) is 5.66. The molecule has 1 amide bonds. The second-order valence-corrected chi connectivity index (χ2v) is 16.5. The van der Waals surface area contributed by atoms with Crippen LogP contribution in [0.3, 0.4) is 0 Å². The van der Waals surface area contributed by atoms with Gasteiger partial charge in [-0.25, -0.2) is 10.2 Å². The maximum Gasteiger partial charge on any atom is 0.422 e. The zero-order valence-electron chi connectivity index (χ0n) is 22.7. The zero-order valence-corrected chi connectivity index (χ0v) is 23.7. The Bertz CT molecular complexity index is 960. The van der Waals surface area contributed by atoms with Gasteiger partial charge in [-0.1, -0.05) is 81.4 Å². The van der Waals surface area contributed by atoms with Gasteiger partial charge in [-0.3, -0.25) is 10.3 Å². The molecule has 1 aliphatic carbocycles. The molecule has 0 radical (unpaired) electrons. The molecular weight excluding hydrogens is 466 g/mol. The van der Waals surface area contributed by atoms with Crippen molar-refractivity contribution >= 4 is 24.8 Å². The van der Waals surface area contributed by atoms with E-state index in [1.165, 1.54) is 16.8 Å². The highest BCUT2D eigenvalue weighted by Gasteiger charge is 2.54. The van der Waals surface area contributed by atoms with Gasteiger partial charge in [-0.15, -0.1) is 0 Å². The van der Waals surface area contributed by atoms with Crippen LogP contribution in [0.25, 0.3) is 0 Å². The van der Waals surface area contributed by atoms with Crippen LogP contribution in [-0.2, 0) is 9.16 Å². The highest BCUT2D eigenvalue weighted by atomic mass is 28.4. The van der Waals surface area contributed by atoms with Gasteiger partial charge in [0.05, 0.1) is 6.10 Å². The quantitative estimate of drug-likeness (QED) is 0.433. The van der Waals surface area contributed by atoms with E-state index in [0.29, 0.717) is 6.04 Å². The van der Waals surface area contributed by atoms with Crippen molar-refractivity contribution in [2.45, 2.75) is 89.6 Å². The molecule has 0 bridgehead atoms. The number of benzene rings is 2. The van der Waals surface area contributed by atoms with E-state index in [9.17, 15) is 4.79 Å². The predicted octanol–water partition coefficient (Wildman–Crippen LogP) is 4.20. The summed E-state index contributed by atoms with van der Waals surface area (Å²) in [5, 5.41) is 2.53. The Labute approximate surface area is 217 Å². The normalized spacial score (nSPS) is 23.2. The number of likely N-dealkylation sites (tertiary alicyclic amines) is 1. The van der Waals surface area contributed by atoms with Gasteiger partial charge >= 0.3 is 6.09 Å². The van der Waals surface area contributed by atoms with Gasteiger partial charge < -0.3 is 9.16 Å². The summed E-state index contributed by atoms with van der Waals surface area (Å²) in [5.74, 6) is 0. The fraction of sp³-hybridized carbons (Fsp3) is 0.552. The molecule has 1 heterocycles. The van der Waals surface area contributed by atoms with Crippen molar-refractivity contribution in [1.29, 1.82) is 0 Å². The lowest BCUT2D eigenvalue weighted by Crippen LogP contribution is -2.69. The Morgan fingerprint density at radius 1 is 0.889 bits per heavy atom. The Morgan fingerprint density at radius 3 is 1.89 bits per heavy atom. The molecule has 1 saturated carbocycles. The molecule has 1 aliphatic heterocycles. The average molecular weight is 510 g/mol. The summed E-state index contributed by atoms with van der Waals surface area (Å²) in [6.45, 7) is 14.8. The van der Waals surface area contributed by atoms with Crippen molar-refractivity contribution in [3.63, 3.8) is 0 Å². The van der Waals surface area contributed by atoms with E-state index in [1.807, 2.05) is 20.8 Å². The minimum atomic E-state index is -2.66. The molecule has 7 heteroatoms. The average Bonchev–Trinajstić information content (AvgIpc) is 3.16. The van der Waals surface area contributed by atoms with Crippen molar-refractivity contribution < 1.29 is 14.0 Å². The third-order valence-corrected chi connectivity index (χ3v) is 12.4. The molecule has 2 N–H and O–H groups in total. The maximum atomic E-state index is 12.3. The van der Waals surface area contributed by atoms with Crippen LogP contribution in [0.5, 0.6) is 0 Å². The fourth-order valence-corrected chi connectivity index (χ4v) is 10.4. The number of carbonyl (C=O) groups excluding carboxylic acids is 1. The maximum absolute atomic E-state index is 12.3. The molecule has 6 nitrogen and oxygen atoms in total. The summed E-state index contributed by atoms with van der Waals surface area (Å²) in [7, 11) is -2.66. The van der Waals surface area contributed by atoms with Gasteiger partial charge in [-0.2, -0.15) is 0 Å². The van der Waals surface area contributed by atoms with Crippen molar-refractivity contribution in [3.8, 4) is 0 Å². The number of hydrazine groups is 1. The third-order valence-electron chi connectivity index (χ3n) is 7.35. The van der Waals surface area contributed by atoms with Crippen molar-refractivity contribution in [2.24, 2.45) is 0 Å². The molecule has 3 unspecified atom stereocenters. The van der Waals surface area contributed by atoms with Crippen LogP contribution in [0.15, 0.2) is 60.7 Å². The summed E-state index contributed by atoms with van der Waals surface area (Å²) < 4.78 is 13.0. The molecule has 3 atom stereocenters. The molecular formula is C29H43N3O3Si. The number of amides is 1. The van der Waals surface area contributed by atoms with Crippen LogP contribution in [0.4, 0.5) is 4.79 Å². The predicted molar refractivity (Wildman–Crippen MR) is 148 cm³/mol. The first-order valence-corrected chi connectivity index (χ1v) is 15.2. The van der Waals surface area contributed by atoms with Gasteiger partial charge in [0.25, 0.3) is 8.32 Å². The zero-order chi connectivity index (χ0) is 26.0. The van der Waals surface area contributed by atoms with Crippen molar-refractivity contribution in [2.75, 3.05) is 13.1 Å². The molecule has 196 valence electrons. The number of nitrogens with one attached hydrogen (secondary N) is 2. The first-order valence-electron chi connectivity index (χ1n) is 13.3. The van der Waals surface area contributed by atoms with Gasteiger partial charge in [0, 0.05) is 12.1 Å². The Balaban J connectivity index is 1.63. The molecule has 2 fully saturated rings. The van der Waals surface area contributed by atoms with E-state index in [4.69, 9.17) is 9.16 Å². The largest absolute Gasteiger partial charge is 0.443 e. The molecule has 4 rings (SSSR count). The topological polar surface area (TPSA) is 62.8 Å². The molecule has 1 saturated heterocycles. The lowest BCUT2D eigenvalue weighted by molar-refractivity contribution is 0.0423. The summed E-state index contributed by atoms with van der Waals surface area (Å²) in [5.41, 5.74) is 5.50. The van der Waals surface area contributed by atoms with E-state index >= 15 is 0 Å². The first kappa shape index (κ1) is 26.9. The number of carbonyl (C=O) groups is 1. The molecule has 0 spiro atoms. The molecule has 2 aliphatic rings. The monoisotopic (exact) mass is 509 g/mol. The lowest BCUT2D eigenvalue weighted by atomic mass is 10.1. The standard InChI is InChI=1S/C29H43N3O3Si/c1-28(2,3)34-27(33)31-30-22-20-25(32-18-13-19-32)26(21-22)35-36(29(4,5)6,23-14-9-7-10-15-23)24-16-11-8-12-17-24/h7-12,14-17,22,25-26,30H,13,18-21H2,1-6H3,(H,31,33). The SMILES string of the molecule is CC(C)(C)OC(=O)NNC1CC(O[Si](c2ccccc2)(c2ccccc2)C(C)(C)C)C(N2CCC2)C1. The number of hydrogen-bond donors (Lipinski definition) is 2. The smallest absolute Gasteiger partial charge is 0.422 e. The van der Waals surface area contributed by atoms with Crippen LogP contribution in [0.2, 0.25) is 5.04 Å². The van der Waals surface area contributed by atoms with E-state index in [-0.39, 0.29) is 17.2 Å². The van der Waals surface area contributed by atoms with Crippen LogP contribution >= 0.6 is 0 Å². The summed E-state index contributed by atoms with van der Waals surface area (Å²) >= 11 is 0. The van der Waals surface area contributed by atoms with Crippen molar-refractivity contribution in [1.82, 2.24) is 15.8 Å². The second kappa shape index (κ2) is 10.7. The van der Waals surface area contributed by atoms with Crippen LogP contribution in [-0.4, -0.2) is 56.2 Å². The van der Waals surface area contributed by atoms with E-state index < -0.39 is 20.0 Å². The Hall–Kier alpha value is -2.19. The minimum absolute atomic E-state index is 0.0644. The molecule has 2 aromatic carbocycles. The van der Waals surface area contributed by atoms with Crippen molar-refractivity contribution in [3.05, 3.63) is 60.7 Å². The van der Waals surface area contributed by atoms with Gasteiger partial charge in [-0.05, 0) is 68.5 Å².